The number of fused-ring (bicyclic) bond motifs is 1. The van der Waals surface area contributed by atoms with Crippen LogP contribution in [0.3, 0.4) is 0 Å². The first-order valence-electron chi connectivity index (χ1n) is 10.3. The summed E-state index contributed by atoms with van der Waals surface area (Å²) in [5, 5.41) is 7.43. The molecule has 0 unspecified atom stereocenters. The van der Waals surface area contributed by atoms with Crippen LogP contribution in [0.25, 0.3) is 11.3 Å². The monoisotopic (exact) mass is 420 g/mol. The van der Waals surface area contributed by atoms with Gasteiger partial charge >= 0.3 is 6.18 Å². The van der Waals surface area contributed by atoms with Crippen molar-refractivity contribution >= 4 is 5.91 Å². The fourth-order valence-corrected chi connectivity index (χ4v) is 5.46. The fourth-order valence-electron chi connectivity index (χ4n) is 5.46. The Hall–Kier alpha value is -2.45. The molecule has 4 saturated carbocycles. The summed E-state index contributed by atoms with van der Waals surface area (Å²) < 4.78 is 55.3. The lowest BCUT2D eigenvalue weighted by Gasteiger charge is -2.69. The number of alkyl halides is 3. The SMILES string of the molecule is O=C(N[C@H]1CCn2nc(-c3cc(C4CC4)ncc3F)cc21)C12CC(C(F)(F)F)(C1)C2. The van der Waals surface area contributed by atoms with Crippen molar-refractivity contribution in [3.63, 3.8) is 0 Å². The highest BCUT2D eigenvalue weighted by Gasteiger charge is 2.80. The fraction of sp³-hybridized carbons (Fsp3) is 0.571. The molecule has 0 spiro atoms. The minimum atomic E-state index is -4.23. The lowest BCUT2D eigenvalue weighted by molar-refractivity contribution is -0.351. The van der Waals surface area contributed by atoms with Crippen LogP contribution in [0.2, 0.25) is 0 Å². The van der Waals surface area contributed by atoms with E-state index < -0.39 is 22.8 Å². The predicted octanol–water partition coefficient (Wildman–Crippen LogP) is 4.26. The highest BCUT2D eigenvalue weighted by molar-refractivity contribution is 5.87. The highest BCUT2D eigenvalue weighted by Crippen LogP contribution is 2.78. The molecule has 2 aromatic rings. The molecular formula is C21H20F4N4O. The van der Waals surface area contributed by atoms with Gasteiger partial charge in [-0.05, 0) is 50.7 Å². The molecule has 0 aromatic carbocycles. The maximum atomic E-state index is 14.4. The van der Waals surface area contributed by atoms with Crippen LogP contribution in [-0.4, -0.2) is 26.8 Å². The van der Waals surface area contributed by atoms with Crippen molar-refractivity contribution in [2.75, 3.05) is 0 Å². The Labute approximate surface area is 169 Å². The van der Waals surface area contributed by atoms with E-state index in [1.165, 1.54) is 6.20 Å². The van der Waals surface area contributed by atoms with Gasteiger partial charge in [0.05, 0.1) is 34.5 Å². The second-order valence-corrected chi connectivity index (χ2v) is 9.44. The van der Waals surface area contributed by atoms with Gasteiger partial charge in [0.1, 0.15) is 0 Å². The second kappa shape index (κ2) is 5.62. The summed E-state index contributed by atoms with van der Waals surface area (Å²) >= 11 is 0. The van der Waals surface area contributed by atoms with Crippen molar-refractivity contribution in [1.29, 1.82) is 0 Å². The number of amides is 1. The van der Waals surface area contributed by atoms with Gasteiger partial charge in [0.15, 0.2) is 5.82 Å². The molecule has 2 bridgehead atoms. The van der Waals surface area contributed by atoms with Crippen molar-refractivity contribution in [2.24, 2.45) is 10.8 Å². The van der Waals surface area contributed by atoms with Crippen LogP contribution in [0, 0.1) is 16.6 Å². The first kappa shape index (κ1) is 18.3. The van der Waals surface area contributed by atoms with E-state index >= 15 is 0 Å². The number of aromatic nitrogens is 3. The molecule has 2 aromatic heterocycles. The molecule has 1 amide bonds. The molecule has 1 N–H and O–H groups in total. The van der Waals surface area contributed by atoms with Crippen LogP contribution in [0.5, 0.6) is 0 Å². The Bertz CT molecular complexity index is 1050. The lowest BCUT2D eigenvalue weighted by Crippen LogP contribution is -2.72. The van der Waals surface area contributed by atoms with Gasteiger partial charge in [-0.1, -0.05) is 0 Å². The molecule has 5 aliphatic rings. The zero-order valence-corrected chi connectivity index (χ0v) is 16.1. The zero-order valence-electron chi connectivity index (χ0n) is 16.1. The van der Waals surface area contributed by atoms with Crippen LogP contribution in [0.1, 0.15) is 61.9 Å². The van der Waals surface area contributed by atoms with Gasteiger partial charge in [-0.2, -0.15) is 18.3 Å². The number of aryl methyl sites for hydroxylation is 1. The molecule has 30 heavy (non-hydrogen) atoms. The molecule has 3 heterocycles. The summed E-state index contributed by atoms with van der Waals surface area (Å²) in [5.74, 6) is -0.358. The van der Waals surface area contributed by atoms with Gasteiger partial charge in [-0.3, -0.25) is 14.5 Å². The second-order valence-electron chi connectivity index (χ2n) is 9.44. The van der Waals surface area contributed by atoms with E-state index in [9.17, 15) is 22.4 Å². The van der Waals surface area contributed by atoms with E-state index in [4.69, 9.17) is 0 Å². The van der Waals surface area contributed by atoms with E-state index in [2.05, 4.69) is 15.4 Å². The largest absolute Gasteiger partial charge is 0.394 e. The summed E-state index contributed by atoms with van der Waals surface area (Å²) in [4.78, 5) is 16.9. The normalized spacial score (nSPS) is 31.7. The molecule has 9 heteroatoms. The Kier molecular flexibility index (Phi) is 3.43. The number of rotatable bonds is 4. The van der Waals surface area contributed by atoms with Gasteiger partial charge in [-0.25, -0.2) is 4.39 Å². The lowest BCUT2D eigenvalue weighted by atomic mass is 9.34. The third kappa shape index (κ3) is 2.43. The number of carbonyl (C=O) groups is 1. The van der Waals surface area contributed by atoms with Crippen molar-refractivity contribution in [3.8, 4) is 11.3 Å². The molecule has 1 atom stereocenters. The summed E-state index contributed by atoms with van der Waals surface area (Å²) in [6.45, 7) is 0.571. The first-order chi connectivity index (χ1) is 14.2. The molecule has 4 fully saturated rings. The predicted molar refractivity (Wildman–Crippen MR) is 97.7 cm³/mol. The number of hydrogen-bond acceptors (Lipinski definition) is 3. The Balaban J connectivity index is 1.20. The van der Waals surface area contributed by atoms with Gasteiger partial charge in [0, 0.05) is 23.7 Å². The highest BCUT2D eigenvalue weighted by atomic mass is 19.4. The van der Waals surface area contributed by atoms with Crippen LogP contribution in [0.4, 0.5) is 17.6 Å². The van der Waals surface area contributed by atoms with Gasteiger partial charge < -0.3 is 5.32 Å². The van der Waals surface area contributed by atoms with Crippen molar-refractivity contribution < 1.29 is 22.4 Å². The number of halogens is 4. The topological polar surface area (TPSA) is 59.8 Å². The molecule has 0 saturated heterocycles. The Morgan fingerprint density at radius 2 is 1.90 bits per heavy atom. The average molecular weight is 420 g/mol. The summed E-state index contributed by atoms with van der Waals surface area (Å²) in [6, 6.07) is 3.20. The molecule has 7 rings (SSSR count). The molecule has 1 aliphatic heterocycles. The van der Waals surface area contributed by atoms with Crippen molar-refractivity contribution in [2.45, 2.75) is 63.2 Å². The third-order valence-electron chi connectivity index (χ3n) is 7.36. The van der Waals surface area contributed by atoms with Gasteiger partial charge in [-0.15, -0.1) is 0 Å². The molecule has 5 nitrogen and oxygen atoms in total. The van der Waals surface area contributed by atoms with E-state index in [-0.39, 0.29) is 31.2 Å². The smallest absolute Gasteiger partial charge is 0.347 e. The van der Waals surface area contributed by atoms with Gasteiger partial charge in [0.2, 0.25) is 5.91 Å². The quantitative estimate of drug-likeness (QED) is 0.753. The molecular weight excluding hydrogens is 400 g/mol. The standard InChI is InChI=1S/C21H20F4N4O/c22-13-7-26-15(11-1-2-11)5-12(13)16-6-17-14(3-4-29(17)28-16)27-18(30)19-8-20(9-19,10-19)21(23,24)25/h5-7,11,14H,1-4,8-10H2,(H,27,30)/t14-,19?,20?/m0/s1. The van der Waals surface area contributed by atoms with Crippen LogP contribution in [0.15, 0.2) is 18.3 Å². The number of hydrogen-bond donors (Lipinski definition) is 1. The molecule has 0 radical (unpaired) electrons. The number of carbonyl (C=O) groups excluding carboxylic acids is 1. The maximum Gasteiger partial charge on any atom is 0.394 e. The van der Waals surface area contributed by atoms with Crippen LogP contribution in [-0.2, 0) is 11.3 Å². The minimum Gasteiger partial charge on any atom is -0.347 e. The average Bonchev–Trinajstić information content (AvgIpc) is 3.25. The summed E-state index contributed by atoms with van der Waals surface area (Å²) in [5.41, 5.74) is -0.00100. The zero-order chi connectivity index (χ0) is 20.9. The van der Waals surface area contributed by atoms with E-state index in [0.717, 1.165) is 24.2 Å². The first-order valence-corrected chi connectivity index (χ1v) is 10.3. The Morgan fingerprint density at radius 1 is 1.17 bits per heavy atom. The maximum absolute atomic E-state index is 14.4. The van der Waals surface area contributed by atoms with Gasteiger partial charge in [0.25, 0.3) is 0 Å². The minimum absolute atomic E-state index is 0.112. The summed E-state index contributed by atoms with van der Waals surface area (Å²) in [7, 11) is 0. The van der Waals surface area contributed by atoms with Crippen molar-refractivity contribution in [3.05, 3.63) is 35.5 Å². The third-order valence-corrected chi connectivity index (χ3v) is 7.36. The molecule has 158 valence electrons. The van der Waals surface area contributed by atoms with Crippen LogP contribution < -0.4 is 5.32 Å². The van der Waals surface area contributed by atoms with Crippen LogP contribution >= 0.6 is 0 Å². The van der Waals surface area contributed by atoms with E-state index in [0.29, 0.717) is 30.1 Å². The number of pyridine rings is 1. The molecule has 4 aliphatic carbocycles. The summed E-state index contributed by atoms with van der Waals surface area (Å²) in [6.07, 6.45) is -0.598. The van der Waals surface area contributed by atoms with E-state index in [1.807, 2.05) is 0 Å². The number of nitrogens with zero attached hydrogens (tertiary/aromatic N) is 3. The number of nitrogens with one attached hydrogen (secondary N) is 1. The van der Waals surface area contributed by atoms with E-state index in [1.54, 1.807) is 16.8 Å². The van der Waals surface area contributed by atoms with Crippen molar-refractivity contribution in [1.82, 2.24) is 20.1 Å². The Morgan fingerprint density at radius 3 is 2.57 bits per heavy atom.